The molecule has 1 saturated heterocycles. The third kappa shape index (κ3) is 2.46. The molecular formula is C10H12FNO4S. The number of ether oxygens (including phenoxy) is 1. The van der Waals surface area contributed by atoms with Gasteiger partial charge in [0.2, 0.25) is 0 Å². The number of rotatable bonds is 2. The van der Waals surface area contributed by atoms with E-state index < -0.39 is 27.5 Å². The second-order valence-electron chi connectivity index (χ2n) is 3.97. The molecule has 1 aliphatic heterocycles. The Morgan fingerprint density at radius 1 is 1.59 bits per heavy atom. The van der Waals surface area contributed by atoms with Crippen molar-refractivity contribution >= 4 is 10.1 Å². The molecule has 94 valence electrons. The fraction of sp³-hybridized carbons (Fsp3) is 0.500. The number of aryl methyl sites for hydroxylation is 1. The van der Waals surface area contributed by atoms with Gasteiger partial charge in [-0.25, -0.2) is 12.8 Å². The van der Waals surface area contributed by atoms with Crippen LogP contribution >= 0.6 is 0 Å². The predicted molar refractivity (Wildman–Crippen MR) is 53.8 cm³/mol. The molecule has 0 unspecified atom stereocenters. The minimum Gasteiger partial charge on any atom is -0.740 e. The largest absolute Gasteiger partial charge is 0.740 e. The maximum atomic E-state index is 13.5. The second-order valence-corrected chi connectivity index (χ2v) is 5.30. The van der Waals surface area contributed by atoms with Gasteiger partial charge in [0.1, 0.15) is 0 Å². The first-order valence-corrected chi connectivity index (χ1v) is 6.54. The Hall–Kier alpha value is -1.05. The minimum atomic E-state index is -4.65. The summed E-state index contributed by atoms with van der Waals surface area (Å²) in [7, 11) is -4.65. The number of aromatic nitrogens is 1. The molecule has 0 bridgehead atoms. The highest BCUT2D eigenvalue weighted by Gasteiger charge is 2.38. The summed E-state index contributed by atoms with van der Waals surface area (Å²) in [5.41, 5.74) is 0.615. The normalized spacial score (nSPS) is 25.1. The molecule has 1 fully saturated rings. The van der Waals surface area contributed by atoms with E-state index in [0.717, 1.165) is 4.57 Å². The molecule has 0 N–H and O–H groups in total. The van der Waals surface area contributed by atoms with Crippen LogP contribution < -0.4 is 4.57 Å². The van der Waals surface area contributed by atoms with Crippen molar-refractivity contribution in [2.75, 3.05) is 6.61 Å². The molecule has 1 aromatic heterocycles. The van der Waals surface area contributed by atoms with Crippen molar-refractivity contribution in [3.05, 3.63) is 23.9 Å². The van der Waals surface area contributed by atoms with Crippen molar-refractivity contribution in [2.45, 2.75) is 30.8 Å². The van der Waals surface area contributed by atoms with Crippen LogP contribution in [0.3, 0.4) is 0 Å². The summed E-state index contributed by atoms with van der Waals surface area (Å²) in [6.07, 6.45) is -0.774. The van der Waals surface area contributed by atoms with Gasteiger partial charge in [-0.15, -0.1) is 0 Å². The lowest BCUT2D eigenvalue weighted by Gasteiger charge is -2.13. The van der Waals surface area contributed by atoms with Crippen LogP contribution in [-0.4, -0.2) is 25.7 Å². The summed E-state index contributed by atoms with van der Waals surface area (Å²) < 4.78 is 53.0. The van der Waals surface area contributed by atoms with Crippen molar-refractivity contribution < 1.29 is 26.7 Å². The summed E-state index contributed by atoms with van der Waals surface area (Å²) in [6, 6.07) is 2.82. The van der Waals surface area contributed by atoms with Crippen LogP contribution in [0.25, 0.3) is 0 Å². The van der Waals surface area contributed by atoms with E-state index >= 15 is 0 Å². The molecule has 1 aliphatic rings. The van der Waals surface area contributed by atoms with Crippen molar-refractivity contribution in [3.63, 3.8) is 0 Å². The number of nitrogens with zero attached hydrogens (tertiary/aromatic N) is 1. The lowest BCUT2D eigenvalue weighted by Crippen LogP contribution is -2.47. The topological polar surface area (TPSA) is 70.3 Å². The van der Waals surface area contributed by atoms with Gasteiger partial charge in [0, 0.05) is 18.6 Å². The van der Waals surface area contributed by atoms with E-state index in [4.69, 9.17) is 4.74 Å². The zero-order valence-electron chi connectivity index (χ0n) is 9.17. The Balaban J connectivity index is 2.54. The van der Waals surface area contributed by atoms with Crippen molar-refractivity contribution in [3.8, 4) is 0 Å². The number of hydrogen-bond donors (Lipinski definition) is 0. The van der Waals surface area contributed by atoms with Crippen molar-refractivity contribution in [1.29, 1.82) is 0 Å². The Morgan fingerprint density at radius 2 is 2.29 bits per heavy atom. The van der Waals surface area contributed by atoms with Gasteiger partial charge in [-0.1, -0.05) is 0 Å². The van der Waals surface area contributed by atoms with Crippen LogP contribution in [0.4, 0.5) is 4.39 Å². The average Bonchev–Trinajstić information content (AvgIpc) is 2.63. The van der Waals surface area contributed by atoms with E-state index in [1.807, 2.05) is 0 Å². The lowest BCUT2D eigenvalue weighted by atomic mass is 10.2. The Labute approximate surface area is 98.6 Å². The number of pyridine rings is 1. The summed E-state index contributed by atoms with van der Waals surface area (Å²) in [5, 5.41) is -0.466. The number of alkyl halides is 1. The third-order valence-corrected chi connectivity index (χ3v) is 3.47. The smallest absolute Gasteiger partial charge is 0.295 e. The van der Waals surface area contributed by atoms with Crippen molar-refractivity contribution in [1.82, 2.24) is 0 Å². The molecule has 0 amide bonds. The molecule has 0 aromatic carbocycles. The fourth-order valence-corrected chi connectivity index (χ4v) is 2.56. The second kappa shape index (κ2) is 4.32. The van der Waals surface area contributed by atoms with E-state index in [1.165, 1.54) is 12.3 Å². The molecule has 1 aromatic rings. The maximum absolute atomic E-state index is 13.5. The van der Waals surface area contributed by atoms with Crippen molar-refractivity contribution in [2.24, 2.45) is 0 Å². The van der Waals surface area contributed by atoms with E-state index in [1.54, 1.807) is 13.0 Å². The van der Waals surface area contributed by atoms with Gasteiger partial charge in [0.15, 0.2) is 22.5 Å². The molecule has 5 nitrogen and oxygen atoms in total. The molecule has 2 rings (SSSR count). The minimum absolute atomic E-state index is 0.198. The summed E-state index contributed by atoms with van der Waals surface area (Å²) >= 11 is 0. The van der Waals surface area contributed by atoms with Gasteiger partial charge in [-0.05, 0) is 12.5 Å². The highest BCUT2D eigenvalue weighted by Crippen LogP contribution is 2.23. The number of hydrogen-bond acceptors (Lipinski definition) is 4. The summed E-state index contributed by atoms with van der Waals surface area (Å²) in [5.74, 6) is 0. The zero-order valence-corrected chi connectivity index (χ0v) is 9.98. The molecule has 0 saturated carbocycles. The van der Waals surface area contributed by atoms with Gasteiger partial charge < -0.3 is 9.29 Å². The van der Waals surface area contributed by atoms with E-state index in [0.29, 0.717) is 5.56 Å². The molecule has 2 heterocycles. The van der Waals surface area contributed by atoms with Crippen LogP contribution in [0.15, 0.2) is 23.4 Å². The van der Waals surface area contributed by atoms with Crippen LogP contribution in [-0.2, 0) is 14.9 Å². The molecular weight excluding hydrogens is 249 g/mol. The summed E-state index contributed by atoms with van der Waals surface area (Å²) in [6.45, 7) is 1.87. The Kier molecular flexibility index (Phi) is 3.15. The fourth-order valence-electron chi connectivity index (χ4n) is 1.80. The van der Waals surface area contributed by atoms with E-state index in [9.17, 15) is 17.4 Å². The van der Waals surface area contributed by atoms with Crippen LogP contribution in [0.2, 0.25) is 0 Å². The molecule has 17 heavy (non-hydrogen) atoms. The van der Waals surface area contributed by atoms with Crippen LogP contribution in [0, 0.1) is 6.92 Å². The van der Waals surface area contributed by atoms with Crippen LogP contribution in [0.1, 0.15) is 18.2 Å². The first kappa shape index (κ1) is 12.4. The highest BCUT2D eigenvalue weighted by atomic mass is 32.2. The first-order chi connectivity index (χ1) is 7.89. The first-order valence-electron chi connectivity index (χ1n) is 5.13. The molecule has 0 spiro atoms. The van der Waals surface area contributed by atoms with E-state index in [2.05, 4.69) is 0 Å². The zero-order chi connectivity index (χ0) is 12.6. The van der Waals surface area contributed by atoms with Gasteiger partial charge in [0.25, 0.3) is 11.3 Å². The maximum Gasteiger partial charge on any atom is 0.295 e. The molecule has 2 atom stereocenters. The van der Waals surface area contributed by atoms with Gasteiger partial charge in [-0.3, -0.25) is 0 Å². The third-order valence-electron chi connectivity index (χ3n) is 2.63. The lowest BCUT2D eigenvalue weighted by molar-refractivity contribution is -0.794. The Bertz CT molecular complexity index is 531. The molecule has 7 heteroatoms. The quantitative estimate of drug-likeness (QED) is 0.572. The van der Waals surface area contributed by atoms with Gasteiger partial charge in [-0.2, -0.15) is 4.57 Å². The van der Waals surface area contributed by atoms with Gasteiger partial charge >= 0.3 is 0 Å². The number of halogens is 1. The van der Waals surface area contributed by atoms with E-state index in [-0.39, 0.29) is 13.0 Å². The Morgan fingerprint density at radius 3 is 2.82 bits per heavy atom. The van der Waals surface area contributed by atoms with Crippen LogP contribution in [0.5, 0.6) is 0 Å². The molecule has 0 aliphatic carbocycles. The monoisotopic (exact) mass is 261 g/mol. The SMILES string of the molecule is Cc1cc[n+]([C@H]2OCC[C@H]2F)c(S(=O)(=O)[O-])c1. The summed E-state index contributed by atoms with van der Waals surface area (Å²) in [4.78, 5) is 0. The predicted octanol–water partition coefficient (Wildman–Crippen LogP) is 0.444. The molecule has 0 radical (unpaired) electrons. The standard InChI is InChI=1S/C10H12FNO4S/c1-7-2-4-12(9(6-7)17(13,14)15)10-8(11)3-5-16-10/h2,4,6,8,10H,3,5H2,1H3/t8-,10+/m1/s1. The van der Waals surface area contributed by atoms with Gasteiger partial charge in [0.05, 0.1) is 6.61 Å². The highest BCUT2D eigenvalue weighted by molar-refractivity contribution is 7.85. The average molecular weight is 261 g/mol.